The van der Waals surface area contributed by atoms with Gasteiger partial charge in [-0.1, -0.05) is 33.8 Å². The Hall–Kier alpha value is -0.613. The fourth-order valence-electron chi connectivity index (χ4n) is 1.70. The predicted octanol–water partition coefficient (Wildman–Crippen LogP) is 4.93. The molecule has 0 aromatic carbocycles. The lowest BCUT2D eigenvalue weighted by Gasteiger charge is -2.36. The van der Waals surface area contributed by atoms with Gasteiger partial charge in [0.2, 0.25) is 0 Å². The van der Waals surface area contributed by atoms with Gasteiger partial charge in [0.15, 0.2) is 8.32 Å². The van der Waals surface area contributed by atoms with Gasteiger partial charge in [-0.3, -0.25) is 0 Å². The molecule has 0 rings (SSSR count). The lowest BCUT2D eigenvalue weighted by Crippen LogP contribution is -2.41. The lowest BCUT2D eigenvalue weighted by molar-refractivity contribution is -0.136. The first kappa shape index (κ1) is 20.4. The molecule has 0 aromatic heterocycles. The summed E-state index contributed by atoms with van der Waals surface area (Å²) < 4.78 is 10.9. The molecule has 21 heavy (non-hydrogen) atoms. The molecule has 0 aliphatic heterocycles. The molecular formula is C17H34O3Si. The summed E-state index contributed by atoms with van der Waals surface area (Å²) in [6.45, 7) is 16.3. The normalized spacial score (nSPS) is 15.0. The van der Waals surface area contributed by atoms with Gasteiger partial charge in [-0.2, -0.15) is 0 Å². The van der Waals surface area contributed by atoms with E-state index >= 15 is 0 Å². The molecule has 0 aromatic rings. The molecule has 0 saturated carbocycles. The zero-order valence-electron chi connectivity index (χ0n) is 15.2. The van der Waals surface area contributed by atoms with E-state index in [9.17, 15) is 4.79 Å². The van der Waals surface area contributed by atoms with Crippen LogP contribution in [0.5, 0.6) is 0 Å². The van der Waals surface area contributed by atoms with Gasteiger partial charge in [-0.15, -0.1) is 0 Å². The number of rotatable bonds is 8. The molecular weight excluding hydrogens is 280 g/mol. The minimum atomic E-state index is -1.61. The van der Waals surface area contributed by atoms with Crippen molar-refractivity contribution in [3.8, 4) is 0 Å². The molecule has 0 fully saturated rings. The van der Waals surface area contributed by atoms with E-state index in [1.807, 2.05) is 6.08 Å². The standard InChI is InChI=1S/C17H34O3Si/c1-14(10-9-11-15(2)16(18)19-6)12-13-20-21(7,8)17(3,4)5/h11,14H,9-10,12-13H2,1-8H3/b15-11+/t14-/m0/s1. The minimum Gasteiger partial charge on any atom is -0.466 e. The highest BCUT2D eigenvalue weighted by Gasteiger charge is 2.36. The molecule has 3 nitrogen and oxygen atoms in total. The SMILES string of the molecule is COC(=O)/C(C)=C/CC[C@H](C)CCO[Si](C)(C)C(C)(C)C. The molecule has 0 N–H and O–H groups in total. The van der Waals surface area contributed by atoms with Gasteiger partial charge in [0.1, 0.15) is 0 Å². The zero-order valence-corrected chi connectivity index (χ0v) is 16.2. The van der Waals surface area contributed by atoms with Crippen LogP contribution in [0.1, 0.15) is 53.9 Å². The van der Waals surface area contributed by atoms with Crippen molar-refractivity contribution in [2.75, 3.05) is 13.7 Å². The summed E-state index contributed by atoms with van der Waals surface area (Å²) in [6, 6.07) is 0. The van der Waals surface area contributed by atoms with Gasteiger partial charge in [0.05, 0.1) is 7.11 Å². The van der Waals surface area contributed by atoms with Crippen LogP contribution >= 0.6 is 0 Å². The van der Waals surface area contributed by atoms with E-state index < -0.39 is 8.32 Å². The molecule has 4 heteroatoms. The molecule has 0 heterocycles. The highest BCUT2D eigenvalue weighted by atomic mass is 28.4. The van der Waals surface area contributed by atoms with E-state index in [4.69, 9.17) is 4.43 Å². The Morgan fingerprint density at radius 3 is 2.29 bits per heavy atom. The number of hydrogen-bond acceptors (Lipinski definition) is 3. The van der Waals surface area contributed by atoms with Gasteiger partial charge in [0.25, 0.3) is 0 Å². The third-order valence-electron chi connectivity index (χ3n) is 4.50. The van der Waals surface area contributed by atoms with Crippen molar-refractivity contribution >= 4 is 14.3 Å². The first-order valence-electron chi connectivity index (χ1n) is 7.90. The highest BCUT2D eigenvalue weighted by molar-refractivity contribution is 6.74. The highest BCUT2D eigenvalue weighted by Crippen LogP contribution is 2.36. The smallest absolute Gasteiger partial charge is 0.333 e. The van der Waals surface area contributed by atoms with Crippen molar-refractivity contribution in [3.05, 3.63) is 11.6 Å². The van der Waals surface area contributed by atoms with Crippen LogP contribution in [0.3, 0.4) is 0 Å². The van der Waals surface area contributed by atoms with Crippen molar-refractivity contribution < 1.29 is 14.0 Å². The van der Waals surface area contributed by atoms with Gasteiger partial charge in [-0.05, 0) is 50.2 Å². The maximum Gasteiger partial charge on any atom is 0.333 e. The quantitative estimate of drug-likeness (QED) is 0.362. The Balaban J connectivity index is 4.03. The average molecular weight is 315 g/mol. The van der Waals surface area contributed by atoms with E-state index in [-0.39, 0.29) is 11.0 Å². The van der Waals surface area contributed by atoms with E-state index in [2.05, 4.69) is 45.5 Å². The number of allylic oxidation sites excluding steroid dienone is 1. The molecule has 0 spiro atoms. The van der Waals surface area contributed by atoms with Crippen LogP contribution in [-0.4, -0.2) is 28.0 Å². The van der Waals surface area contributed by atoms with Gasteiger partial charge in [-0.25, -0.2) is 4.79 Å². The molecule has 0 unspecified atom stereocenters. The van der Waals surface area contributed by atoms with Crippen molar-refractivity contribution in [3.63, 3.8) is 0 Å². The summed E-state index contributed by atoms with van der Waals surface area (Å²) in [6.07, 6.45) is 5.05. The Labute approximate surface area is 132 Å². The van der Waals surface area contributed by atoms with Crippen LogP contribution in [0.4, 0.5) is 0 Å². The average Bonchev–Trinajstić information content (AvgIpc) is 2.35. The maximum absolute atomic E-state index is 11.3. The van der Waals surface area contributed by atoms with Crippen LogP contribution in [0, 0.1) is 5.92 Å². The number of hydrogen-bond donors (Lipinski definition) is 0. The first-order valence-corrected chi connectivity index (χ1v) is 10.8. The van der Waals surface area contributed by atoms with Gasteiger partial charge in [0, 0.05) is 12.2 Å². The van der Waals surface area contributed by atoms with Crippen LogP contribution < -0.4 is 0 Å². The second kappa shape index (κ2) is 8.74. The van der Waals surface area contributed by atoms with Crippen molar-refractivity contribution in [1.82, 2.24) is 0 Å². The molecule has 0 aliphatic rings. The Kier molecular flexibility index (Phi) is 8.48. The molecule has 0 bridgehead atoms. The molecule has 0 aliphatic carbocycles. The first-order chi connectivity index (χ1) is 9.51. The monoisotopic (exact) mass is 314 g/mol. The van der Waals surface area contributed by atoms with E-state index in [0.717, 1.165) is 25.9 Å². The van der Waals surface area contributed by atoms with Crippen LogP contribution in [0.2, 0.25) is 18.1 Å². The van der Waals surface area contributed by atoms with Crippen LogP contribution in [0.25, 0.3) is 0 Å². The Morgan fingerprint density at radius 2 is 1.81 bits per heavy atom. The summed E-state index contributed by atoms with van der Waals surface area (Å²) in [5, 5.41) is 0.274. The van der Waals surface area contributed by atoms with Gasteiger partial charge >= 0.3 is 5.97 Å². The molecule has 124 valence electrons. The largest absolute Gasteiger partial charge is 0.466 e. The van der Waals surface area contributed by atoms with Crippen LogP contribution in [-0.2, 0) is 14.0 Å². The van der Waals surface area contributed by atoms with Gasteiger partial charge < -0.3 is 9.16 Å². The number of carbonyl (C=O) groups is 1. The number of ether oxygens (including phenoxy) is 1. The second-order valence-corrected chi connectivity index (χ2v) is 12.3. The predicted molar refractivity (Wildman–Crippen MR) is 91.9 cm³/mol. The van der Waals surface area contributed by atoms with E-state index in [0.29, 0.717) is 11.5 Å². The fraction of sp³-hybridized carbons (Fsp3) is 0.824. The minimum absolute atomic E-state index is 0.232. The molecule has 0 radical (unpaired) electrons. The summed E-state index contributed by atoms with van der Waals surface area (Å²) in [5.41, 5.74) is 0.697. The number of esters is 1. The Morgan fingerprint density at radius 1 is 1.24 bits per heavy atom. The maximum atomic E-state index is 11.3. The van der Waals surface area contributed by atoms with Crippen molar-refractivity contribution in [2.24, 2.45) is 5.92 Å². The summed E-state index contributed by atoms with van der Waals surface area (Å²) in [5.74, 6) is 0.375. The number of carbonyl (C=O) groups excluding carboxylic acids is 1. The van der Waals surface area contributed by atoms with E-state index in [1.54, 1.807) is 6.92 Å². The topological polar surface area (TPSA) is 35.5 Å². The lowest BCUT2D eigenvalue weighted by atomic mass is 10.0. The molecule has 0 saturated heterocycles. The summed E-state index contributed by atoms with van der Waals surface area (Å²) in [7, 11) is -0.197. The van der Waals surface area contributed by atoms with Crippen molar-refractivity contribution in [1.29, 1.82) is 0 Å². The van der Waals surface area contributed by atoms with E-state index in [1.165, 1.54) is 7.11 Å². The second-order valence-electron chi connectivity index (χ2n) is 7.46. The third-order valence-corrected chi connectivity index (χ3v) is 9.04. The van der Waals surface area contributed by atoms with Crippen molar-refractivity contribution in [2.45, 2.75) is 72.0 Å². The fourth-order valence-corrected chi connectivity index (χ4v) is 2.77. The third kappa shape index (κ3) is 7.81. The summed E-state index contributed by atoms with van der Waals surface area (Å²) >= 11 is 0. The molecule has 1 atom stereocenters. The Bertz CT molecular complexity index is 354. The number of methoxy groups -OCH3 is 1. The van der Waals surface area contributed by atoms with Crippen LogP contribution in [0.15, 0.2) is 11.6 Å². The summed E-state index contributed by atoms with van der Waals surface area (Å²) in [4.78, 5) is 11.3. The zero-order chi connectivity index (χ0) is 16.7. The molecule has 0 amide bonds.